The van der Waals surface area contributed by atoms with E-state index in [4.69, 9.17) is 21.4 Å². The number of amides is 5. The smallest absolute Gasteiger partial charge is 0.255 e. The van der Waals surface area contributed by atoms with Gasteiger partial charge < -0.3 is 32.7 Å². The van der Waals surface area contributed by atoms with Crippen molar-refractivity contribution < 1.29 is 24.0 Å². The number of aryl methyl sites for hydroxylation is 3. The SMILES string of the molecule is Cc1cc2cc(c1NC(=O)[C@H](CCN)NC(=O)c1c(C)nc(-c3ccc(C4CCCCC4)cc3)nc1C)-c1cccc(c1)CC(=O)NCC(=O)NC(C(N)=O)C2. The highest BCUT2D eigenvalue weighted by atomic mass is 16.2. The zero-order valence-electron chi connectivity index (χ0n) is 32.2. The van der Waals surface area contributed by atoms with Gasteiger partial charge in [-0.25, -0.2) is 9.97 Å². The fourth-order valence-corrected chi connectivity index (χ4v) is 7.74. The Labute approximate surface area is 326 Å². The van der Waals surface area contributed by atoms with Gasteiger partial charge in [-0.1, -0.05) is 73.9 Å². The number of rotatable bonds is 9. The van der Waals surface area contributed by atoms with Crippen molar-refractivity contribution in [2.75, 3.05) is 18.4 Å². The number of anilines is 1. The second-order valence-electron chi connectivity index (χ2n) is 14.9. The summed E-state index contributed by atoms with van der Waals surface area (Å²) in [7, 11) is 0. The van der Waals surface area contributed by atoms with E-state index in [1.54, 1.807) is 26.0 Å². The van der Waals surface area contributed by atoms with Gasteiger partial charge in [-0.3, -0.25) is 24.0 Å². The van der Waals surface area contributed by atoms with E-state index in [1.165, 1.54) is 37.7 Å². The topological polar surface area (TPSA) is 211 Å². The largest absolute Gasteiger partial charge is 0.368 e. The maximum absolute atomic E-state index is 14.1. The van der Waals surface area contributed by atoms with Crippen molar-refractivity contribution in [1.29, 1.82) is 0 Å². The Balaban J connectivity index is 1.26. The predicted octanol–water partition coefficient (Wildman–Crippen LogP) is 4.05. The van der Waals surface area contributed by atoms with Gasteiger partial charge in [-0.2, -0.15) is 0 Å². The van der Waals surface area contributed by atoms with Crippen LogP contribution in [0.4, 0.5) is 5.69 Å². The van der Waals surface area contributed by atoms with Crippen LogP contribution in [-0.2, 0) is 32.0 Å². The zero-order valence-corrected chi connectivity index (χ0v) is 32.2. The number of aromatic nitrogens is 2. The first-order valence-electron chi connectivity index (χ1n) is 19.3. The number of fused-ring (bicyclic) bond motifs is 5. The monoisotopic (exact) mass is 758 g/mol. The van der Waals surface area contributed by atoms with Crippen LogP contribution in [0.15, 0.2) is 60.7 Å². The first-order chi connectivity index (χ1) is 26.9. The minimum absolute atomic E-state index is 0.00155. The van der Waals surface area contributed by atoms with E-state index in [2.05, 4.69) is 33.4 Å². The minimum Gasteiger partial charge on any atom is -0.368 e. The number of benzene rings is 3. The number of carbonyl (C=O) groups excluding carboxylic acids is 5. The molecule has 2 atom stereocenters. The van der Waals surface area contributed by atoms with Gasteiger partial charge in [-0.05, 0) is 86.4 Å². The van der Waals surface area contributed by atoms with Crippen LogP contribution in [0.1, 0.15) is 88.4 Å². The van der Waals surface area contributed by atoms with Gasteiger partial charge in [0.2, 0.25) is 23.6 Å². The van der Waals surface area contributed by atoms with Gasteiger partial charge in [0.1, 0.15) is 12.1 Å². The lowest BCUT2D eigenvalue weighted by Gasteiger charge is -2.23. The number of nitrogens with two attached hydrogens (primary N) is 2. The average molecular weight is 759 g/mol. The van der Waals surface area contributed by atoms with Crippen LogP contribution in [0.5, 0.6) is 0 Å². The Bertz CT molecular complexity index is 2120. The molecule has 13 nitrogen and oxygen atoms in total. The second kappa shape index (κ2) is 17.7. The van der Waals surface area contributed by atoms with Gasteiger partial charge >= 0.3 is 0 Å². The summed E-state index contributed by atoms with van der Waals surface area (Å²) < 4.78 is 0. The van der Waals surface area contributed by atoms with Crippen LogP contribution >= 0.6 is 0 Å². The molecule has 13 heteroatoms. The van der Waals surface area contributed by atoms with Gasteiger partial charge in [0.15, 0.2) is 5.82 Å². The molecule has 0 saturated heterocycles. The Hall–Kier alpha value is -5.95. The van der Waals surface area contributed by atoms with Gasteiger partial charge in [-0.15, -0.1) is 0 Å². The lowest BCUT2D eigenvalue weighted by molar-refractivity contribution is -0.128. The summed E-state index contributed by atoms with van der Waals surface area (Å²) in [6.45, 7) is 5.15. The van der Waals surface area contributed by atoms with Gasteiger partial charge in [0.05, 0.1) is 35.6 Å². The summed E-state index contributed by atoms with van der Waals surface area (Å²) >= 11 is 0. The van der Waals surface area contributed by atoms with Crippen molar-refractivity contribution in [1.82, 2.24) is 25.9 Å². The lowest BCUT2D eigenvalue weighted by atomic mass is 9.84. The minimum atomic E-state index is -1.04. The van der Waals surface area contributed by atoms with E-state index in [0.29, 0.717) is 56.6 Å². The maximum Gasteiger partial charge on any atom is 0.255 e. The molecule has 0 spiro atoms. The predicted molar refractivity (Wildman–Crippen MR) is 214 cm³/mol. The number of nitrogens with zero attached hydrogens (tertiary/aromatic N) is 2. The molecule has 5 amide bonds. The molecule has 292 valence electrons. The molecule has 3 aromatic carbocycles. The van der Waals surface area contributed by atoms with Crippen molar-refractivity contribution in [3.8, 4) is 22.5 Å². The molecule has 0 radical (unpaired) electrons. The Morgan fingerprint density at radius 2 is 1.59 bits per heavy atom. The second-order valence-corrected chi connectivity index (χ2v) is 14.9. The molecule has 6 rings (SSSR count). The van der Waals surface area contributed by atoms with E-state index in [-0.39, 0.29) is 43.8 Å². The molecule has 2 heterocycles. The first-order valence-corrected chi connectivity index (χ1v) is 19.3. The van der Waals surface area contributed by atoms with Crippen LogP contribution < -0.4 is 32.7 Å². The molecule has 1 saturated carbocycles. The van der Waals surface area contributed by atoms with Crippen LogP contribution in [0.25, 0.3) is 22.5 Å². The summed E-state index contributed by atoms with van der Waals surface area (Å²) in [4.78, 5) is 74.9. The molecular weight excluding hydrogens is 709 g/mol. The van der Waals surface area contributed by atoms with Crippen molar-refractivity contribution in [2.45, 2.75) is 90.1 Å². The molecule has 2 aliphatic rings. The average Bonchev–Trinajstić information content (AvgIpc) is 3.17. The van der Waals surface area contributed by atoms with Crippen LogP contribution in [-0.4, -0.2) is 64.7 Å². The maximum atomic E-state index is 14.1. The first kappa shape index (κ1) is 39.7. The zero-order chi connectivity index (χ0) is 39.9. The fourth-order valence-electron chi connectivity index (χ4n) is 7.74. The summed E-state index contributed by atoms with van der Waals surface area (Å²) in [6, 6.07) is 17.3. The standard InChI is InChI=1S/C43H50N8O5/c1-24-18-28-20-33(32-11-7-8-27(19-32)22-36(52)46-23-37(53)49-35(21-28)40(45)54)39(24)51-42(55)34(16-17-44)50-43(56)38-25(2)47-41(48-26(38)3)31-14-12-30(13-15-31)29-9-5-4-6-10-29/h7-8,11-15,18-20,29,34-35H,4-6,9-10,16-17,21-23,44H2,1-3H3,(H2,45,54)(H,46,52)(H,49,53)(H,50,56)(H,51,55)/t34-,35?/m0/s1. The molecule has 56 heavy (non-hydrogen) atoms. The molecule has 1 aliphatic heterocycles. The summed E-state index contributed by atoms with van der Waals surface area (Å²) in [5.41, 5.74) is 18.9. The number of nitrogens with one attached hydrogen (secondary N) is 4. The van der Waals surface area contributed by atoms with Crippen molar-refractivity contribution >= 4 is 35.2 Å². The highest BCUT2D eigenvalue weighted by Crippen LogP contribution is 2.35. The third-order valence-electron chi connectivity index (χ3n) is 10.6. The van der Waals surface area contributed by atoms with E-state index < -0.39 is 35.7 Å². The molecule has 1 unspecified atom stereocenters. The van der Waals surface area contributed by atoms with E-state index >= 15 is 0 Å². The third-order valence-corrected chi connectivity index (χ3v) is 10.6. The molecule has 1 aliphatic carbocycles. The molecule has 1 fully saturated rings. The quantitative estimate of drug-likeness (QED) is 0.146. The Kier molecular flexibility index (Phi) is 12.5. The molecular formula is C43H50N8O5. The van der Waals surface area contributed by atoms with Gasteiger partial charge in [0.25, 0.3) is 5.91 Å². The highest BCUT2D eigenvalue weighted by Gasteiger charge is 2.27. The summed E-state index contributed by atoms with van der Waals surface area (Å²) in [5, 5.41) is 11.1. The third kappa shape index (κ3) is 9.46. The van der Waals surface area contributed by atoms with Crippen molar-refractivity contribution in [3.63, 3.8) is 0 Å². The number of hydrogen-bond donors (Lipinski definition) is 6. The number of hydrogen-bond acceptors (Lipinski definition) is 8. The van der Waals surface area contributed by atoms with Crippen LogP contribution in [0.2, 0.25) is 0 Å². The van der Waals surface area contributed by atoms with Crippen LogP contribution in [0, 0.1) is 20.8 Å². The van der Waals surface area contributed by atoms with Crippen molar-refractivity contribution in [2.24, 2.45) is 11.5 Å². The Morgan fingerprint density at radius 3 is 2.27 bits per heavy atom. The Morgan fingerprint density at radius 1 is 0.875 bits per heavy atom. The lowest BCUT2D eigenvalue weighted by Crippen LogP contribution is -2.49. The molecule has 1 aromatic heterocycles. The highest BCUT2D eigenvalue weighted by molar-refractivity contribution is 6.04. The fraction of sp³-hybridized carbons (Fsp3) is 0.372. The molecule has 8 N–H and O–H groups in total. The number of primary amides is 1. The molecule has 4 aromatic rings. The summed E-state index contributed by atoms with van der Waals surface area (Å²) in [5.74, 6) is -1.52. The van der Waals surface area contributed by atoms with Crippen LogP contribution in [0.3, 0.4) is 0 Å². The van der Waals surface area contributed by atoms with E-state index in [9.17, 15) is 24.0 Å². The normalized spacial score (nSPS) is 16.8. The number of carbonyl (C=O) groups is 5. The van der Waals surface area contributed by atoms with Crippen molar-refractivity contribution in [3.05, 3.63) is 99.9 Å². The van der Waals surface area contributed by atoms with E-state index in [0.717, 1.165) is 5.56 Å². The van der Waals surface area contributed by atoms with E-state index in [1.807, 2.05) is 43.3 Å². The van der Waals surface area contributed by atoms with Gasteiger partial charge in [0, 0.05) is 17.5 Å². The molecule has 4 bridgehead atoms. The summed E-state index contributed by atoms with van der Waals surface area (Å²) in [6.07, 6.45) is 6.48.